The van der Waals surface area contributed by atoms with Crippen LogP contribution in [0.2, 0.25) is 0 Å². The first-order chi connectivity index (χ1) is 18.8. The number of alkyl halides is 3. The minimum atomic E-state index is -4.48. The maximum absolute atomic E-state index is 13.5. The van der Waals surface area contributed by atoms with E-state index >= 15 is 0 Å². The number of sulfone groups is 1. The highest BCUT2D eigenvalue weighted by molar-refractivity contribution is 7.91. The van der Waals surface area contributed by atoms with Gasteiger partial charge in [0.25, 0.3) is 5.91 Å². The Morgan fingerprint density at radius 2 is 1.98 bits per heavy atom. The molecule has 0 saturated heterocycles. The van der Waals surface area contributed by atoms with E-state index in [0.717, 1.165) is 17.4 Å². The quantitative estimate of drug-likeness (QED) is 0.462. The van der Waals surface area contributed by atoms with Crippen LogP contribution in [0.25, 0.3) is 5.69 Å². The van der Waals surface area contributed by atoms with E-state index in [4.69, 9.17) is 10.00 Å². The number of aromatic nitrogens is 2. The normalized spacial score (nSPS) is 18.0. The zero-order chi connectivity index (χ0) is 28.9. The van der Waals surface area contributed by atoms with Crippen LogP contribution in [0, 0.1) is 11.3 Å². The van der Waals surface area contributed by atoms with Crippen LogP contribution in [-0.2, 0) is 33.0 Å². The Hall–Kier alpha value is -4.38. The summed E-state index contributed by atoms with van der Waals surface area (Å²) in [7, 11) is -3.67. The Morgan fingerprint density at radius 1 is 1.25 bits per heavy atom. The summed E-state index contributed by atoms with van der Waals surface area (Å²) in [6.07, 6.45) is -2.43. The fraction of sp³-hybridized carbons (Fsp3) is 0.308. The number of aryl methyl sites for hydroxylation is 1. The molecule has 2 aromatic carbocycles. The maximum atomic E-state index is 13.5. The Bertz CT molecular complexity index is 1680. The number of hydrogen-bond acceptors (Lipinski definition) is 7. The molecule has 1 spiro atoms. The lowest BCUT2D eigenvalue weighted by Gasteiger charge is -2.35. The number of nitrogens with one attached hydrogen (secondary N) is 2. The lowest BCUT2D eigenvalue weighted by atomic mass is 9.82. The second-order valence-corrected chi connectivity index (χ2v) is 11.9. The minimum Gasteiger partial charge on any atom is -0.484 e. The number of anilines is 1. The fourth-order valence-electron chi connectivity index (χ4n) is 5.12. The van der Waals surface area contributed by atoms with E-state index in [9.17, 15) is 31.2 Å². The topological polar surface area (TPSA) is 143 Å². The highest BCUT2D eigenvalue weighted by atomic mass is 32.2. The molecular weight excluding hydrogens is 551 g/mol. The van der Waals surface area contributed by atoms with Gasteiger partial charge in [0.15, 0.2) is 16.4 Å². The molecule has 0 unspecified atom stereocenters. The third-order valence-electron chi connectivity index (χ3n) is 6.71. The molecule has 2 amide bonds. The van der Waals surface area contributed by atoms with Crippen LogP contribution in [0.1, 0.15) is 39.2 Å². The van der Waals surface area contributed by atoms with Gasteiger partial charge in [0, 0.05) is 12.7 Å². The SMILES string of the molecule is CS(=O)(=O)CC(=O)Nc1c2c(nn1-c1ccc(C#N)cc1)C[C@]1(CCc3cc(OCC(F)(F)F)ccc31)NC2=O. The molecule has 2 aliphatic rings. The maximum Gasteiger partial charge on any atom is 0.422 e. The zero-order valence-electron chi connectivity index (χ0n) is 21.0. The summed E-state index contributed by atoms with van der Waals surface area (Å²) in [6, 6.07) is 12.8. The molecule has 1 aliphatic heterocycles. The van der Waals surface area contributed by atoms with E-state index in [1.165, 1.54) is 28.9 Å². The number of halogens is 3. The molecule has 14 heteroatoms. The summed E-state index contributed by atoms with van der Waals surface area (Å²) in [5, 5.41) is 19.2. The van der Waals surface area contributed by atoms with Crippen molar-refractivity contribution in [3.8, 4) is 17.5 Å². The van der Waals surface area contributed by atoms with Crippen LogP contribution in [0.3, 0.4) is 0 Å². The summed E-state index contributed by atoms with van der Waals surface area (Å²) in [5.41, 5.74) is 1.77. The molecular formula is C26H22F3N5O5S. The van der Waals surface area contributed by atoms with Crippen LogP contribution in [0.15, 0.2) is 42.5 Å². The molecule has 1 aliphatic carbocycles. The summed E-state index contributed by atoms with van der Waals surface area (Å²) >= 11 is 0. The second kappa shape index (κ2) is 9.67. The number of fused-ring (bicyclic) bond motifs is 3. The molecule has 40 heavy (non-hydrogen) atoms. The van der Waals surface area contributed by atoms with E-state index in [2.05, 4.69) is 15.7 Å². The van der Waals surface area contributed by atoms with Crippen molar-refractivity contribution in [1.29, 1.82) is 5.26 Å². The first-order valence-electron chi connectivity index (χ1n) is 12.0. The lowest BCUT2D eigenvalue weighted by molar-refractivity contribution is -0.153. The summed E-state index contributed by atoms with van der Waals surface area (Å²) < 4.78 is 67.3. The minimum absolute atomic E-state index is 0.0187. The van der Waals surface area contributed by atoms with Crippen molar-refractivity contribution in [2.45, 2.75) is 31.0 Å². The predicted octanol–water partition coefficient (Wildman–Crippen LogP) is 2.80. The highest BCUT2D eigenvalue weighted by Crippen LogP contribution is 2.44. The van der Waals surface area contributed by atoms with Gasteiger partial charge in [0.1, 0.15) is 22.9 Å². The van der Waals surface area contributed by atoms with Gasteiger partial charge in [-0.1, -0.05) is 6.07 Å². The number of ether oxygens (including phenoxy) is 1. The van der Waals surface area contributed by atoms with Gasteiger partial charge < -0.3 is 15.4 Å². The van der Waals surface area contributed by atoms with Crippen LogP contribution < -0.4 is 15.4 Å². The van der Waals surface area contributed by atoms with Crippen LogP contribution >= 0.6 is 0 Å². The van der Waals surface area contributed by atoms with Crippen LogP contribution in [0.4, 0.5) is 19.0 Å². The van der Waals surface area contributed by atoms with E-state index in [-0.39, 0.29) is 23.6 Å². The van der Waals surface area contributed by atoms with E-state index in [1.54, 1.807) is 18.2 Å². The number of amides is 2. The van der Waals surface area contributed by atoms with Crippen molar-refractivity contribution in [2.75, 3.05) is 23.9 Å². The van der Waals surface area contributed by atoms with E-state index < -0.39 is 45.7 Å². The van der Waals surface area contributed by atoms with Crippen molar-refractivity contribution in [2.24, 2.45) is 0 Å². The van der Waals surface area contributed by atoms with Crippen molar-refractivity contribution < 1.29 is 35.9 Å². The molecule has 3 aromatic rings. The first kappa shape index (κ1) is 27.2. The van der Waals surface area contributed by atoms with Crippen LogP contribution in [-0.4, -0.2) is 54.8 Å². The Balaban J connectivity index is 1.53. The molecule has 1 atom stereocenters. The molecule has 5 rings (SSSR count). The molecule has 2 N–H and O–H groups in total. The number of nitrogens with zero attached hydrogens (tertiary/aromatic N) is 3. The summed E-state index contributed by atoms with van der Waals surface area (Å²) in [4.78, 5) is 26.1. The van der Waals surface area contributed by atoms with E-state index in [1.807, 2.05) is 6.07 Å². The van der Waals surface area contributed by atoms with Crippen molar-refractivity contribution in [1.82, 2.24) is 15.1 Å². The standard InChI is InChI=1S/C26H22F3N5O5S/c1-40(37,38)13-21(35)31-23-22-20(33-34(23)17-4-2-15(12-30)3-5-17)11-25(32-24(22)36)9-8-16-10-18(6-7-19(16)25)39-14-26(27,28)29/h2-7,10H,8-9,11,13-14H2,1H3,(H,31,35)(H,32,36)/t25-/m0/s1. The zero-order valence-corrected chi connectivity index (χ0v) is 21.8. The van der Waals surface area contributed by atoms with Gasteiger partial charge in [-0.2, -0.15) is 23.5 Å². The number of nitriles is 1. The fourth-order valence-corrected chi connectivity index (χ4v) is 5.66. The van der Waals surface area contributed by atoms with Crippen molar-refractivity contribution >= 4 is 27.5 Å². The van der Waals surface area contributed by atoms with Gasteiger partial charge >= 0.3 is 6.18 Å². The van der Waals surface area contributed by atoms with Crippen molar-refractivity contribution in [3.63, 3.8) is 0 Å². The van der Waals surface area contributed by atoms with Crippen LogP contribution in [0.5, 0.6) is 5.75 Å². The number of carbonyl (C=O) groups is 2. The van der Waals surface area contributed by atoms with Gasteiger partial charge in [-0.05, 0) is 60.4 Å². The predicted molar refractivity (Wildman–Crippen MR) is 136 cm³/mol. The lowest BCUT2D eigenvalue weighted by Crippen LogP contribution is -2.49. The Kier molecular flexibility index (Phi) is 6.57. The van der Waals surface area contributed by atoms with E-state index in [0.29, 0.717) is 29.8 Å². The van der Waals surface area contributed by atoms with Gasteiger partial charge in [-0.3, -0.25) is 9.59 Å². The second-order valence-electron chi connectivity index (χ2n) is 9.79. The van der Waals surface area contributed by atoms with Gasteiger partial charge in [-0.25, -0.2) is 13.1 Å². The molecule has 10 nitrogen and oxygen atoms in total. The molecule has 208 valence electrons. The van der Waals surface area contributed by atoms with Gasteiger partial charge in [0.05, 0.1) is 28.6 Å². The van der Waals surface area contributed by atoms with Gasteiger partial charge in [0.2, 0.25) is 5.91 Å². The smallest absolute Gasteiger partial charge is 0.422 e. The van der Waals surface area contributed by atoms with Crippen molar-refractivity contribution in [3.05, 3.63) is 70.4 Å². The van der Waals surface area contributed by atoms with Gasteiger partial charge in [-0.15, -0.1) is 0 Å². The monoisotopic (exact) mass is 573 g/mol. The largest absolute Gasteiger partial charge is 0.484 e. The summed E-state index contributed by atoms with van der Waals surface area (Å²) in [6.45, 7) is -1.42. The average molecular weight is 574 g/mol. The molecule has 0 fully saturated rings. The molecule has 0 radical (unpaired) electrons. The molecule has 0 bridgehead atoms. The Morgan fingerprint density at radius 3 is 2.62 bits per heavy atom. The molecule has 1 aromatic heterocycles. The number of benzene rings is 2. The third kappa shape index (κ3) is 5.37. The molecule has 2 heterocycles. The molecule has 0 saturated carbocycles. The number of hydrogen-bond donors (Lipinski definition) is 2. The first-order valence-corrected chi connectivity index (χ1v) is 14.1. The third-order valence-corrected chi connectivity index (χ3v) is 7.50. The highest BCUT2D eigenvalue weighted by Gasteiger charge is 2.47. The number of carbonyl (C=O) groups excluding carboxylic acids is 2. The number of rotatable bonds is 6. The Labute approximate surface area is 226 Å². The summed E-state index contributed by atoms with van der Waals surface area (Å²) in [5.74, 6) is -2.17. The average Bonchev–Trinajstić information content (AvgIpc) is 3.39.